The van der Waals surface area contributed by atoms with Crippen molar-refractivity contribution in [2.24, 2.45) is 4.99 Å². The number of aliphatic imine (C=N–C) groups is 1. The number of amidine groups is 1. The molecule has 0 bridgehead atoms. The second kappa shape index (κ2) is 9.13. The zero-order valence-electron chi connectivity index (χ0n) is 15.9. The molecule has 0 saturated carbocycles. The van der Waals surface area contributed by atoms with Gasteiger partial charge in [0.2, 0.25) is 0 Å². The molecule has 29 heavy (non-hydrogen) atoms. The molecule has 0 aromatic heterocycles. The molecule has 1 amide bonds. The highest BCUT2D eigenvalue weighted by Crippen LogP contribution is 2.34. The van der Waals surface area contributed by atoms with Crippen LogP contribution in [-0.2, 0) is 9.53 Å². The summed E-state index contributed by atoms with van der Waals surface area (Å²) in [6, 6.07) is 14.0. The third kappa shape index (κ3) is 4.68. The standard InChI is InChI=1S/C22H18N2O4S/c1-4-13-28-18-8-6-5-7-16(18)14-19-20(25)24(2)22(29-19)23-17-11-9-15(10-12-17)21(26)27-3/h1,5-12,14H,13H2,2-3H3/b19-14+,23-22?. The number of carbonyl (C=O) groups excluding carboxylic acids is 2. The van der Waals surface area contributed by atoms with E-state index in [1.807, 2.05) is 18.2 Å². The van der Waals surface area contributed by atoms with Gasteiger partial charge in [0, 0.05) is 12.6 Å². The van der Waals surface area contributed by atoms with Gasteiger partial charge in [0.05, 0.1) is 23.3 Å². The van der Waals surface area contributed by atoms with Gasteiger partial charge < -0.3 is 9.47 Å². The monoisotopic (exact) mass is 406 g/mol. The fourth-order valence-electron chi connectivity index (χ4n) is 2.54. The first kappa shape index (κ1) is 20.2. The minimum absolute atomic E-state index is 0.148. The molecule has 3 rings (SSSR count). The lowest BCUT2D eigenvalue weighted by atomic mass is 10.2. The quantitative estimate of drug-likeness (QED) is 0.430. The Hall–Kier alpha value is -3.50. The maximum atomic E-state index is 12.6. The van der Waals surface area contributed by atoms with Crippen LogP contribution in [0.4, 0.5) is 5.69 Å². The Morgan fingerprint density at radius 2 is 1.97 bits per heavy atom. The molecule has 1 aliphatic heterocycles. The molecular formula is C22H18N2O4S. The lowest BCUT2D eigenvalue weighted by Gasteiger charge is -2.07. The average molecular weight is 406 g/mol. The van der Waals surface area contributed by atoms with Gasteiger partial charge in [-0.15, -0.1) is 6.42 Å². The third-order valence-corrected chi connectivity index (χ3v) is 5.09. The zero-order valence-corrected chi connectivity index (χ0v) is 16.7. The van der Waals surface area contributed by atoms with Crippen molar-refractivity contribution in [3.63, 3.8) is 0 Å². The van der Waals surface area contributed by atoms with E-state index in [9.17, 15) is 9.59 Å². The highest BCUT2D eigenvalue weighted by Gasteiger charge is 2.30. The molecule has 0 radical (unpaired) electrons. The number of hydrogen-bond donors (Lipinski definition) is 0. The Labute approximate surface area is 173 Å². The van der Waals surface area contributed by atoms with Crippen molar-refractivity contribution in [2.75, 3.05) is 20.8 Å². The van der Waals surface area contributed by atoms with Crippen molar-refractivity contribution in [1.29, 1.82) is 0 Å². The van der Waals surface area contributed by atoms with Crippen molar-refractivity contribution in [2.45, 2.75) is 0 Å². The van der Waals surface area contributed by atoms with E-state index >= 15 is 0 Å². The first-order chi connectivity index (χ1) is 14.0. The highest BCUT2D eigenvalue weighted by atomic mass is 32.2. The number of methoxy groups -OCH3 is 1. The fourth-order valence-corrected chi connectivity index (χ4v) is 3.52. The summed E-state index contributed by atoms with van der Waals surface area (Å²) in [6.07, 6.45) is 7.02. The summed E-state index contributed by atoms with van der Waals surface area (Å²) in [5, 5.41) is 0.536. The predicted octanol–water partition coefficient (Wildman–Crippen LogP) is 3.72. The topological polar surface area (TPSA) is 68.2 Å². The van der Waals surface area contributed by atoms with E-state index in [0.717, 1.165) is 5.56 Å². The largest absolute Gasteiger partial charge is 0.480 e. The molecule has 0 N–H and O–H groups in total. The number of rotatable bonds is 5. The minimum Gasteiger partial charge on any atom is -0.480 e. The van der Waals surface area contributed by atoms with Gasteiger partial charge in [0.25, 0.3) is 5.91 Å². The van der Waals surface area contributed by atoms with Crippen LogP contribution in [0.5, 0.6) is 5.75 Å². The van der Waals surface area contributed by atoms with Crippen LogP contribution in [-0.4, -0.2) is 42.7 Å². The highest BCUT2D eigenvalue weighted by molar-refractivity contribution is 8.18. The Balaban J connectivity index is 1.85. The van der Waals surface area contributed by atoms with Crippen LogP contribution in [0.3, 0.4) is 0 Å². The van der Waals surface area contributed by atoms with Crippen LogP contribution in [0, 0.1) is 12.3 Å². The van der Waals surface area contributed by atoms with Crippen molar-refractivity contribution >= 4 is 40.6 Å². The molecule has 0 atom stereocenters. The van der Waals surface area contributed by atoms with Gasteiger partial charge in [-0.2, -0.15) is 0 Å². The van der Waals surface area contributed by atoms with E-state index < -0.39 is 5.97 Å². The summed E-state index contributed by atoms with van der Waals surface area (Å²) in [5.41, 5.74) is 1.82. The van der Waals surface area contributed by atoms with Gasteiger partial charge in [-0.05, 0) is 48.2 Å². The number of terminal acetylenes is 1. The minimum atomic E-state index is -0.414. The molecule has 6 nitrogen and oxygen atoms in total. The van der Waals surface area contributed by atoms with E-state index in [1.54, 1.807) is 43.5 Å². The molecule has 1 fully saturated rings. The number of esters is 1. The van der Waals surface area contributed by atoms with Gasteiger partial charge in [-0.25, -0.2) is 9.79 Å². The van der Waals surface area contributed by atoms with Crippen LogP contribution in [0.15, 0.2) is 58.4 Å². The second-order valence-electron chi connectivity index (χ2n) is 5.94. The molecule has 2 aromatic rings. The molecule has 146 valence electrons. The molecule has 0 spiro atoms. The zero-order chi connectivity index (χ0) is 20.8. The number of hydrogen-bond acceptors (Lipinski definition) is 6. The predicted molar refractivity (Wildman–Crippen MR) is 114 cm³/mol. The van der Waals surface area contributed by atoms with Gasteiger partial charge in [-0.3, -0.25) is 9.69 Å². The van der Waals surface area contributed by atoms with Gasteiger partial charge in [0.15, 0.2) is 5.17 Å². The fraction of sp³-hybridized carbons (Fsp3) is 0.136. The number of nitrogens with zero attached hydrogens (tertiary/aromatic N) is 2. The van der Waals surface area contributed by atoms with E-state index in [1.165, 1.54) is 23.8 Å². The number of amides is 1. The summed E-state index contributed by atoms with van der Waals surface area (Å²) in [4.78, 5) is 30.7. The normalized spacial score (nSPS) is 16.2. The number of thioether (sulfide) groups is 1. The molecule has 2 aromatic carbocycles. The summed E-state index contributed by atoms with van der Waals surface area (Å²) < 4.78 is 10.2. The lowest BCUT2D eigenvalue weighted by molar-refractivity contribution is -0.121. The average Bonchev–Trinajstić information content (AvgIpc) is 3.01. The van der Waals surface area contributed by atoms with Gasteiger partial charge in [-0.1, -0.05) is 24.1 Å². The molecule has 1 aliphatic rings. The maximum absolute atomic E-state index is 12.6. The summed E-state index contributed by atoms with van der Waals surface area (Å²) in [7, 11) is 2.99. The smallest absolute Gasteiger partial charge is 0.337 e. The molecule has 0 unspecified atom stereocenters. The lowest BCUT2D eigenvalue weighted by Crippen LogP contribution is -2.23. The first-order valence-electron chi connectivity index (χ1n) is 8.63. The number of para-hydroxylation sites is 1. The Kier molecular flexibility index (Phi) is 6.37. The van der Waals surface area contributed by atoms with E-state index in [2.05, 4.69) is 15.6 Å². The van der Waals surface area contributed by atoms with Crippen LogP contribution >= 0.6 is 11.8 Å². The Morgan fingerprint density at radius 3 is 2.66 bits per heavy atom. The second-order valence-corrected chi connectivity index (χ2v) is 6.95. The molecular weight excluding hydrogens is 388 g/mol. The van der Waals surface area contributed by atoms with Crippen molar-refractivity contribution in [3.8, 4) is 18.1 Å². The SMILES string of the molecule is C#CCOc1ccccc1/C=C1/SC(=Nc2ccc(C(=O)OC)cc2)N(C)C1=O. The number of ether oxygens (including phenoxy) is 2. The molecule has 0 aliphatic carbocycles. The van der Waals surface area contributed by atoms with Crippen molar-refractivity contribution in [1.82, 2.24) is 4.90 Å². The summed E-state index contributed by atoms with van der Waals surface area (Å²) in [5.74, 6) is 2.46. The van der Waals surface area contributed by atoms with Crippen molar-refractivity contribution < 1.29 is 19.1 Å². The molecule has 1 saturated heterocycles. The third-order valence-electron chi connectivity index (χ3n) is 4.03. The van der Waals surface area contributed by atoms with E-state index in [-0.39, 0.29) is 12.5 Å². The van der Waals surface area contributed by atoms with Crippen molar-refractivity contribution in [3.05, 3.63) is 64.6 Å². The number of benzene rings is 2. The summed E-state index contributed by atoms with van der Waals surface area (Å²) in [6.45, 7) is 0.148. The Bertz CT molecular complexity index is 1040. The Morgan fingerprint density at radius 1 is 1.24 bits per heavy atom. The first-order valence-corrected chi connectivity index (χ1v) is 9.45. The molecule has 7 heteroatoms. The van der Waals surface area contributed by atoms with Crippen LogP contribution in [0.2, 0.25) is 0 Å². The van der Waals surface area contributed by atoms with Crippen LogP contribution < -0.4 is 4.74 Å². The molecule has 1 heterocycles. The van der Waals surface area contributed by atoms with Crippen LogP contribution in [0.25, 0.3) is 6.08 Å². The summed E-state index contributed by atoms with van der Waals surface area (Å²) >= 11 is 1.26. The van der Waals surface area contributed by atoms with Crippen LogP contribution in [0.1, 0.15) is 15.9 Å². The van der Waals surface area contributed by atoms with E-state index in [4.69, 9.17) is 11.2 Å². The number of likely N-dealkylation sites (N-methyl/N-ethyl adjacent to an activating group) is 1. The van der Waals surface area contributed by atoms with Gasteiger partial charge >= 0.3 is 5.97 Å². The van der Waals surface area contributed by atoms with E-state index in [0.29, 0.717) is 27.1 Å². The van der Waals surface area contributed by atoms with Gasteiger partial charge in [0.1, 0.15) is 12.4 Å². The number of carbonyl (C=O) groups is 2. The maximum Gasteiger partial charge on any atom is 0.337 e.